The second-order valence-corrected chi connectivity index (χ2v) is 7.56. The van der Waals surface area contributed by atoms with Crippen LogP contribution in [0.3, 0.4) is 0 Å². The molecule has 0 heterocycles. The van der Waals surface area contributed by atoms with E-state index in [2.05, 4.69) is 4.72 Å². The van der Waals surface area contributed by atoms with E-state index in [1.807, 2.05) is 37.3 Å². The van der Waals surface area contributed by atoms with E-state index in [0.29, 0.717) is 12.8 Å². The van der Waals surface area contributed by atoms with Crippen molar-refractivity contribution in [3.05, 3.63) is 35.9 Å². The summed E-state index contributed by atoms with van der Waals surface area (Å²) in [5, 5.41) is 9.35. The van der Waals surface area contributed by atoms with Gasteiger partial charge in [-0.15, -0.1) is 0 Å². The van der Waals surface area contributed by atoms with E-state index >= 15 is 0 Å². The first kappa shape index (κ1) is 16.0. The molecule has 0 spiro atoms. The Morgan fingerprint density at radius 2 is 1.86 bits per heavy atom. The van der Waals surface area contributed by atoms with Crippen molar-refractivity contribution >= 4 is 16.0 Å². The zero-order chi connectivity index (χ0) is 15.5. The van der Waals surface area contributed by atoms with E-state index in [4.69, 9.17) is 0 Å². The highest BCUT2D eigenvalue weighted by Crippen LogP contribution is 2.31. The second-order valence-electron chi connectivity index (χ2n) is 5.79. The highest BCUT2D eigenvalue weighted by molar-refractivity contribution is 7.89. The molecule has 2 N–H and O–H groups in total. The Hall–Kier alpha value is -1.40. The molecule has 21 heavy (non-hydrogen) atoms. The highest BCUT2D eigenvalue weighted by atomic mass is 32.2. The lowest BCUT2D eigenvalue weighted by atomic mass is 10.0. The predicted octanol–water partition coefficient (Wildman–Crippen LogP) is 2.11. The maximum Gasteiger partial charge on any atom is 0.324 e. The largest absolute Gasteiger partial charge is 0.480 e. The van der Waals surface area contributed by atoms with Gasteiger partial charge >= 0.3 is 5.97 Å². The Balaban J connectivity index is 2.10. The first-order valence-corrected chi connectivity index (χ1v) is 8.80. The van der Waals surface area contributed by atoms with Crippen LogP contribution in [0.25, 0.3) is 0 Å². The molecule has 0 aliphatic heterocycles. The molecule has 6 heteroatoms. The normalized spacial score (nSPS) is 19.3. The fraction of sp³-hybridized carbons (Fsp3) is 0.533. The van der Waals surface area contributed by atoms with Gasteiger partial charge in [0.25, 0.3) is 0 Å². The summed E-state index contributed by atoms with van der Waals surface area (Å²) in [7, 11) is -3.65. The molecule has 0 radical (unpaired) electrons. The third-order valence-electron chi connectivity index (χ3n) is 4.06. The van der Waals surface area contributed by atoms with Gasteiger partial charge in [0.1, 0.15) is 5.54 Å². The number of nitrogens with one attached hydrogen (secondary N) is 1. The summed E-state index contributed by atoms with van der Waals surface area (Å²) >= 11 is 0. The van der Waals surface area contributed by atoms with Gasteiger partial charge in [-0.1, -0.05) is 50.1 Å². The van der Waals surface area contributed by atoms with Crippen LogP contribution >= 0.6 is 0 Å². The van der Waals surface area contributed by atoms with Crippen LogP contribution in [0.1, 0.15) is 44.1 Å². The number of hydrogen-bond donors (Lipinski definition) is 2. The van der Waals surface area contributed by atoms with Gasteiger partial charge in [0.2, 0.25) is 10.0 Å². The number of hydrogen-bond acceptors (Lipinski definition) is 3. The molecule has 0 aromatic heterocycles. The van der Waals surface area contributed by atoms with Crippen molar-refractivity contribution in [1.29, 1.82) is 0 Å². The van der Waals surface area contributed by atoms with Gasteiger partial charge in [0.15, 0.2) is 0 Å². The van der Waals surface area contributed by atoms with Crippen molar-refractivity contribution in [2.24, 2.45) is 0 Å². The van der Waals surface area contributed by atoms with E-state index in [1.165, 1.54) is 0 Å². The molecule has 1 saturated carbocycles. The summed E-state index contributed by atoms with van der Waals surface area (Å²) < 4.78 is 27.1. The van der Waals surface area contributed by atoms with Crippen molar-refractivity contribution < 1.29 is 18.3 Å². The highest BCUT2D eigenvalue weighted by Gasteiger charge is 2.44. The van der Waals surface area contributed by atoms with Gasteiger partial charge in [0.05, 0.1) is 5.75 Å². The zero-order valence-electron chi connectivity index (χ0n) is 12.1. The van der Waals surface area contributed by atoms with E-state index in [1.54, 1.807) is 0 Å². The van der Waals surface area contributed by atoms with Gasteiger partial charge in [-0.2, -0.15) is 4.72 Å². The summed E-state index contributed by atoms with van der Waals surface area (Å²) in [6.07, 6.45) is 2.20. The minimum absolute atomic E-state index is 0.105. The van der Waals surface area contributed by atoms with Crippen LogP contribution in [0.15, 0.2) is 30.3 Å². The van der Waals surface area contributed by atoms with Crippen molar-refractivity contribution in [1.82, 2.24) is 4.72 Å². The fourth-order valence-corrected chi connectivity index (χ4v) is 4.71. The fourth-order valence-electron chi connectivity index (χ4n) is 2.88. The van der Waals surface area contributed by atoms with Crippen LogP contribution < -0.4 is 4.72 Å². The smallest absolute Gasteiger partial charge is 0.324 e. The Bertz CT molecular complexity index is 591. The molecule has 0 saturated heterocycles. The third-order valence-corrected chi connectivity index (χ3v) is 5.70. The Morgan fingerprint density at radius 3 is 2.38 bits per heavy atom. The minimum Gasteiger partial charge on any atom is -0.480 e. The van der Waals surface area contributed by atoms with Crippen molar-refractivity contribution in [3.8, 4) is 0 Å². The molecule has 1 atom stereocenters. The van der Waals surface area contributed by atoms with Crippen LogP contribution in [-0.4, -0.2) is 30.8 Å². The first-order valence-electron chi connectivity index (χ1n) is 7.15. The minimum atomic E-state index is -3.65. The van der Waals surface area contributed by atoms with Crippen molar-refractivity contribution in [3.63, 3.8) is 0 Å². The molecule has 1 aromatic rings. The van der Waals surface area contributed by atoms with Gasteiger partial charge < -0.3 is 5.11 Å². The molecule has 1 aliphatic carbocycles. The molecule has 1 unspecified atom stereocenters. The number of carboxylic acids is 1. The Labute approximate surface area is 125 Å². The molecule has 1 aromatic carbocycles. The summed E-state index contributed by atoms with van der Waals surface area (Å²) in [5.74, 6) is -1.36. The zero-order valence-corrected chi connectivity index (χ0v) is 12.9. The summed E-state index contributed by atoms with van der Waals surface area (Å²) in [6.45, 7) is 1.83. The van der Waals surface area contributed by atoms with Crippen LogP contribution in [0.5, 0.6) is 0 Å². The Morgan fingerprint density at radius 1 is 1.29 bits per heavy atom. The lowest BCUT2D eigenvalue weighted by Crippen LogP contribution is -2.53. The number of aliphatic carboxylic acids is 1. The van der Waals surface area contributed by atoms with Crippen LogP contribution in [0, 0.1) is 0 Å². The van der Waals surface area contributed by atoms with Gasteiger partial charge in [-0.3, -0.25) is 4.79 Å². The summed E-state index contributed by atoms with van der Waals surface area (Å²) in [5.41, 5.74) is -0.381. The quantitative estimate of drug-likeness (QED) is 0.843. The van der Waals surface area contributed by atoms with Gasteiger partial charge in [-0.05, 0) is 24.3 Å². The van der Waals surface area contributed by atoms with E-state index in [0.717, 1.165) is 18.4 Å². The Kier molecular flexibility index (Phi) is 4.68. The lowest BCUT2D eigenvalue weighted by molar-refractivity contribution is -0.143. The van der Waals surface area contributed by atoms with Crippen molar-refractivity contribution in [2.75, 3.05) is 5.75 Å². The van der Waals surface area contributed by atoms with Gasteiger partial charge in [-0.25, -0.2) is 8.42 Å². The van der Waals surface area contributed by atoms with Gasteiger partial charge in [0, 0.05) is 0 Å². The topological polar surface area (TPSA) is 83.5 Å². The molecule has 0 bridgehead atoms. The van der Waals surface area contributed by atoms with E-state index in [-0.39, 0.29) is 11.7 Å². The molecule has 2 rings (SSSR count). The number of rotatable bonds is 6. The monoisotopic (exact) mass is 311 g/mol. The maximum atomic E-state index is 12.3. The van der Waals surface area contributed by atoms with Crippen LogP contribution in [-0.2, 0) is 14.8 Å². The number of carbonyl (C=O) groups is 1. The van der Waals surface area contributed by atoms with Crippen LogP contribution in [0.4, 0.5) is 0 Å². The van der Waals surface area contributed by atoms with Crippen LogP contribution in [0.2, 0.25) is 0 Å². The number of benzene rings is 1. The number of sulfonamides is 1. The maximum absolute atomic E-state index is 12.3. The van der Waals surface area contributed by atoms with E-state index in [9.17, 15) is 18.3 Å². The number of carboxylic acid groups (broad SMARTS) is 1. The third kappa shape index (κ3) is 3.83. The molecule has 1 fully saturated rings. The lowest BCUT2D eigenvalue weighted by Gasteiger charge is -2.26. The first-order chi connectivity index (χ1) is 9.85. The summed E-state index contributed by atoms with van der Waals surface area (Å²) in [6, 6.07) is 9.36. The summed E-state index contributed by atoms with van der Waals surface area (Å²) in [4.78, 5) is 11.4. The average Bonchev–Trinajstić information content (AvgIpc) is 2.88. The molecule has 116 valence electrons. The average molecular weight is 311 g/mol. The molecular formula is C15H21NO4S. The molecular weight excluding hydrogens is 290 g/mol. The second kappa shape index (κ2) is 6.15. The standard InChI is InChI=1S/C15H21NO4S/c1-12(13-7-3-2-4-8-13)11-21(19,20)16-15(14(17)18)9-5-6-10-15/h2-4,7-8,12,16H,5-6,9-11H2,1H3,(H,17,18). The van der Waals surface area contributed by atoms with Crippen molar-refractivity contribution in [2.45, 2.75) is 44.1 Å². The SMILES string of the molecule is CC(CS(=O)(=O)NC1(C(=O)O)CCCC1)c1ccccc1. The molecule has 5 nitrogen and oxygen atoms in total. The molecule has 1 aliphatic rings. The molecule has 0 amide bonds. The predicted molar refractivity (Wildman–Crippen MR) is 80.6 cm³/mol. The van der Waals surface area contributed by atoms with E-state index < -0.39 is 21.5 Å².